The zero-order valence-corrected chi connectivity index (χ0v) is 17.4. The Morgan fingerprint density at radius 3 is 2.84 bits per heavy atom. The molecule has 1 aliphatic carbocycles. The van der Waals surface area contributed by atoms with Gasteiger partial charge in [0.1, 0.15) is 5.82 Å². The monoisotopic (exact) mass is 412 g/mol. The van der Waals surface area contributed by atoms with Crippen molar-refractivity contribution in [2.24, 2.45) is 5.73 Å². The van der Waals surface area contributed by atoms with Crippen LogP contribution in [-0.2, 0) is 13.0 Å². The van der Waals surface area contributed by atoms with E-state index in [1.165, 1.54) is 11.1 Å². The summed E-state index contributed by atoms with van der Waals surface area (Å²) in [7, 11) is 0. The summed E-state index contributed by atoms with van der Waals surface area (Å²) in [5, 5.41) is 3.54. The number of rotatable bonds is 5. The lowest BCUT2D eigenvalue weighted by atomic mass is 9.87. The third kappa shape index (κ3) is 3.52. The Balaban J connectivity index is 1.61. The average molecular weight is 412 g/mol. The molecule has 3 N–H and O–H groups in total. The number of aromatic nitrogens is 4. The Kier molecular flexibility index (Phi) is 4.86. The first-order chi connectivity index (χ1) is 15.1. The molecule has 1 aromatic carbocycles. The Morgan fingerprint density at radius 2 is 2.03 bits per heavy atom. The molecule has 5 rings (SSSR count). The highest BCUT2D eigenvalue weighted by molar-refractivity contribution is 5.99. The third-order valence-electron chi connectivity index (χ3n) is 5.91. The molecule has 156 valence electrons. The van der Waals surface area contributed by atoms with Crippen molar-refractivity contribution >= 4 is 17.2 Å². The maximum Gasteiger partial charge on any atom is 0.250 e. The first-order valence-corrected chi connectivity index (χ1v) is 10.6. The predicted molar refractivity (Wildman–Crippen MR) is 120 cm³/mol. The molecule has 3 aromatic heterocycles. The summed E-state index contributed by atoms with van der Waals surface area (Å²) in [6.45, 7) is 2.92. The molecule has 31 heavy (non-hydrogen) atoms. The number of amides is 1. The van der Waals surface area contributed by atoms with Crippen molar-refractivity contribution < 1.29 is 4.79 Å². The summed E-state index contributed by atoms with van der Waals surface area (Å²) in [5.41, 5.74) is 10.1. The van der Waals surface area contributed by atoms with Crippen molar-refractivity contribution in [2.75, 3.05) is 5.32 Å². The number of benzene rings is 1. The Morgan fingerprint density at radius 1 is 1.19 bits per heavy atom. The minimum Gasteiger partial charge on any atom is -0.366 e. The zero-order valence-electron chi connectivity index (χ0n) is 17.4. The lowest BCUT2D eigenvalue weighted by molar-refractivity contribution is 0.100. The summed E-state index contributed by atoms with van der Waals surface area (Å²) < 4.78 is 1.83. The minimum absolute atomic E-state index is 0.398. The van der Waals surface area contributed by atoms with Crippen molar-refractivity contribution in [3.63, 3.8) is 0 Å². The van der Waals surface area contributed by atoms with Crippen LogP contribution in [0.3, 0.4) is 0 Å². The van der Waals surface area contributed by atoms with E-state index in [-0.39, 0.29) is 0 Å². The maximum atomic E-state index is 11.8. The number of hydrogen-bond donors (Lipinski definition) is 2. The van der Waals surface area contributed by atoms with E-state index in [1.54, 1.807) is 18.3 Å². The van der Waals surface area contributed by atoms with Crippen molar-refractivity contribution in [3.05, 3.63) is 77.2 Å². The van der Waals surface area contributed by atoms with Gasteiger partial charge in [-0.3, -0.25) is 9.20 Å². The van der Waals surface area contributed by atoms with Gasteiger partial charge in [-0.2, -0.15) is 0 Å². The van der Waals surface area contributed by atoms with Crippen LogP contribution in [0.1, 0.15) is 52.9 Å². The standard InChI is InChI=1S/C24H24N6O/c1-15-7-5-11-18-20(15)22(26-13-16-8-3-2-4-9-16)29-23(28-18)24-27-14-19-17(21(25)31)10-6-12-30(19)24/h2-4,6,8-10,12,14-15H,5,7,11,13H2,1H3,(H2,25,31)(H,26,28,29). The average Bonchev–Trinajstić information content (AvgIpc) is 3.22. The van der Waals surface area contributed by atoms with E-state index in [1.807, 2.05) is 28.8 Å². The van der Waals surface area contributed by atoms with Crippen molar-refractivity contribution in [1.82, 2.24) is 19.4 Å². The number of nitrogens with zero attached hydrogens (tertiary/aromatic N) is 4. The smallest absolute Gasteiger partial charge is 0.250 e. The topological polar surface area (TPSA) is 98.2 Å². The Hall–Kier alpha value is -3.74. The minimum atomic E-state index is -0.484. The summed E-state index contributed by atoms with van der Waals surface area (Å²) in [5.74, 6) is 1.92. The van der Waals surface area contributed by atoms with Gasteiger partial charge < -0.3 is 11.1 Å². The summed E-state index contributed by atoms with van der Waals surface area (Å²) in [4.78, 5) is 26.1. The second-order valence-electron chi connectivity index (χ2n) is 8.01. The van der Waals surface area contributed by atoms with Crippen LogP contribution in [0.2, 0.25) is 0 Å². The zero-order chi connectivity index (χ0) is 21.4. The van der Waals surface area contributed by atoms with Gasteiger partial charge in [-0.15, -0.1) is 0 Å². The van der Waals surface area contributed by atoms with E-state index >= 15 is 0 Å². The number of imidazole rings is 1. The molecule has 0 bridgehead atoms. The van der Waals surface area contributed by atoms with Gasteiger partial charge in [0, 0.05) is 18.3 Å². The molecular weight excluding hydrogens is 388 g/mol. The fraction of sp³-hybridized carbons (Fsp3) is 0.250. The van der Waals surface area contributed by atoms with E-state index in [2.05, 4.69) is 29.4 Å². The number of hydrogen-bond acceptors (Lipinski definition) is 5. The summed E-state index contributed by atoms with van der Waals surface area (Å²) in [6, 6.07) is 13.8. The summed E-state index contributed by atoms with van der Waals surface area (Å²) in [6.07, 6.45) is 6.66. The fourth-order valence-corrected chi connectivity index (χ4v) is 4.36. The second kappa shape index (κ2) is 7.83. The van der Waals surface area contributed by atoms with Gasteiger partial charge >= 0.3 is 0 Å². The quantitative estimate of drug-likeness (QED) is 0.517. The lowest BCUT2D eigenvalue weighted by Crippen LogP contribution is -2.16. The highest BCUT2D eigenvalue weighted by Crippen LogP contribution is 2.36. The van der Waals surface area contributed by atoms with Crippen molar-refractivity contribution in [2.45, 2.75) is 38.6 Å². The number of pyridine rings is 1. The first-order valence-electron chi connectivity index (χ1n) is 10.6. The number of primary amides is 1. The number of nitrogens with two attached hydrogens (primary N) is 1. The molecule has 1 atom stereocenters. The van der Waals surface area contributed by atoms with Gasteiger partial charge in [-0.25, -0.2) is 15.0 Å². The molecule has 3 heterocycles. The van der Waals surface area contributed by atoms with Gasteiger partial charge in [-0.1, -0.05) is 37.3 Å². The second-order valence-corrected chi connectivity index (χ2v) is 8.01. The van der Waals surface area contributed by atoms with E-state index in [4.69, 9.17) is 15.7 Å². The third-order valence-corrected chi connectivity index (χ3v) is 5.91. The summed E-state index contributed by atoms with van der Waals surface area (Å²) >= 11 is 0. The van der Waals surface area contributed by atoms with E-state index in [0.717, 1.165) is 30.8 Å². The molecule has 1 unspecified atom stereocenters. The molecule has 1 amide bonds. The molecule has 0 aliphatic heterocycles. The van der Waals surface area contributed by atoms with Crippen LogP contribution in [0, 0.1) is 0 Å². The van der Waals surface area contributed by atoms with Crippen LogP contribution in [0.5, 0.6) is 0 Å². The van der Waals surface area contributed by atoms with Gasteiger partial charge in [0.05, 0.1) is 23.0 Å². The predicted octanol–water partition coefficient (Wildman–Crippen LogP) is 3.94. The normalized spacial score (nSPS) is 15.6. The van der Waals surface area contributed by atoms with E-state index < -0.39 is 5.91 Å². The Bertz CT molecular complexity index is 1260. The molecule has 1 aliphatic rings. The van der Waals surface area contributed by atoms with Crippen LogP contribution >= 0.6 is 0 Å². The highest BCUT2D eigenvalue weighted by atomic mass is 16.1. The molecule has 0 spiro atoms. The Labute approximate surface area is 180 Å². The van der Waals surface area contributed by atoms with Crippen molar-refractivity contribution in [1.29, 1.82) is 0 Å². The maximum absolute atomic E-state index is 11.8. The van der Waals surface area contributed by atoms with Gasteiger partial charge in [0.15, 0.2) is 11.6 Å². The van der Waals surface area contributed by atoms with Crippen LogP contribution < -0.4 is 11.1 Å². The number of nitrogens with one attached hydrogen (secondary N) is 1. The molecule has 0 saturated carbocycles. The number of anilines is 1. The van der Waals surface area contributed by atoms with Gasteiger partial charge in [0.25, 0.3) is 5.91 Å². The molecule has 7 nitrogen and oxygen atoms in total. The van der Waals surface area contributed by atoms with Crippen LogP contribution in [0.4, 0.5) is 5.82 Å². The number of carbonyl (C=O) groups is 1. The molecule has 0 fully saturated rings. The highest BCUT2D eigenvalue weighted by Gasteiger charge is 2.25. The van der Waals surface area contributed by atoms with E-state index in [9.17, 15) is 4.79 Å². The first kappa shape index (κ1) is 19.2. The van der Waals surface area contributed by atoms with Gasteiger partial charge in [0.2, 0.25) is 0 Å². The lowest BCUT2D eigenvalue weighted by Gasteiger charge is -2.25. The number of carbonyl (C=O) groups excluding carboxylic acids is 1. The van der Waals surface area contributed by atoms with Crippen LogP contribution in [-0.4, -0.2) is 25.3 Å². The van der Waals surface area contributed by atoms with Gasteiger partial charge in [-0.05, 0) is 42.9 Å². The molecule has 7 heteroatoms. The molecule has 0 saturated heterocycles. The largest absolute Gasteiger partial charge is 0.366 e. The number of fused-ring (bicyclic) bond motifs is 2. The van der Waals surface area contributed by atoms with Crippen LogP contribution in [0.15, 0.2) is 54.9 Å². The molecule has 0 radical (unpaired) electrons. The number of aryl methyl sites for hydroxylation is 1. The SMILES string of the molecule is CC1CCCc2nc(-c3ncc4c(C(N)=O)cccn34)nc(NCc3ccccc3)c21. The fourth-order valence-electron chi connectivity index (χ4n) is 4.36. The molecule has 4 aromatic rings. The van der Waals surface area contributed by atoms with E-state index in [0.29, 0.717) is 35.2 Å². The molecular formula is C24H24N6O. The van der Waals surface area contributed by atoms with Crippen LogP contribution in [0.25, 0.3) is 17.2 Å². The van der Waals surface area contributed by atoms with Crippen molar-refractivity contribution in [3.8, 4) is 11.6 Å².